The zero-order chi connectivity index (χ0) is 17.6. The number of nitrogens with one attached hydrogen (secondary N) is 2. The van der Waals surface area contributed by atoms with E-state index in [1.165, 1.54) is 0 Å². The van der Waals surface area contributed by atoms with Gasteiger partial charge in [0, 0.05) is 31.7 Å². The van der Waals surface area contributed by atoms with Crippen LogP contribution in [0.5, 0.6) is 5.75 Å². The number of urea groups is 1. The Balaban J connectivity index is 1.75. The predicted molar refractivity (Wildman–Crippen MR) is 91.1 cm³/mol. The zero-order valence-electron chi connectivity index (χ0n) is 14.5. The van der Waals surface area contributed by atoms with Crippen LogP contribution in [0.25, 0.3) is 0 Å². The minimum Gasteiger partial charge on any atom is -0.507 e. The van der Waals surface area contributed by atoms with Gasteiger partial charge in [-0.3, -0.25) is 4.39 Å². The largest absolute Gasteiger partial charge is 0.507 e. The summed E-state index contributed by atoms with van der Waals surface area (Å²) in [4.78, 5) is 11.9. The van der Waals surface area contributed by atoms with Crippen LogP contribution >= 0.6 is 0 Å². The third-order valence-electron chi connectivity index (χ3n) is 4.71. The molecule has 0 unspecified atom stereocenters. The molecule has 0 saturated carbocycles. The minimum absolute atomic E-state index is 0.276. The highest BCUT2D eigenvalue weighted by atomic mass is 19.1. The van der Waals surface area contributed by atoms with Crippen molar-refractivity contribution in [1.82, 2.24) is 10.6 Å². The lowest BCUT2D eigenvalue weighted by Gasteiger charge is -2.34. The number of ether oxygens (including phenoxy) is 1. The monoisotopic (exact) mass is 338 g/mol. The van der Waals surface area contributed by atoms with Gasteiger partial charge in [0.15, 0.2) is 0 Å². The summed E-state index contributed by atoms with van der Waals surface area (Å²) >= 11 is 0. The summed E-state index contributed by atoms with van der Waals surface area (Å²) < 4.78 is 18.6. The van der Waals surface area contributed by atoms with Gasteiger partial charge in [0.2, 0.25) is 0 Å². The molecule has 0 aliphatic carbocycles. The molecule has 1 aliphatic rings. The number of carbonyl (C=O) groups is 1. The molecule has 0 atom stereocenters. The smallest absolute Gasteiger partial charge is 0.314 e. The molecule has 1 saturated heterocycles. The second kappa shape index (κ2) is 8.33. The number of amides is 2. The molecule has 134 valence electrons. The Morgan fingerprint density at radius 2 is 1.88 bits per heavy atom. The van der Waals surface area contributed by atoms with E-state index < -0.39 is 12.1 Å². The first-order valence-electron chi connectivity index (χ1n) is 8.40. The molecule has 1 heterocycles. The van der Waals surface area contributed by atoms with E-state index in [9.17, 15) is 14.3 Å². The third kappa shape index (κ3) is 4.84. The van der Waals surface area contributed by atoms with Gasteiger partial charge in [-0.05, 0) is 49.8 Å². The lowest BCUT2D eigenvalue weighted by Crippen LogP contribution is -2.46. The summed E-state index contributed by atoms with van der Waals surface area (Å²) in [6.45, 7) is 5.19. The van der Waals surface area contributed by atoms with Gasteiger partial charge in [-0.1, -0.05) is 12.1 Å². The quantitative estimate of drug-likeness (QED) is 0.747. The number of aromatic hydroxyl groups is 1. The maximum Gasteiger partial charge on any atom is 0.314 e. The predicted octanol–water partition coefficient (Wildman–Crippen LogP) is 2.62. The number of halogens is 1. The van der Waals surface area contributed by atoms with Gasteiger partial charge in [0.1, 0.15) is 5.75 Å². The van der Waals surface area contributed by atoms with Crippen molar-refractivity contribution in [3.63, 3.8) is 0 Å². The second-order valence-corrected chi connectivity index (χ2v) is 6.68. The van der Waals surface area contributed by atoms with Gasteiger partial charge in [-0.15, -0.1) is 0 Å². The first-order chi connectivity index (χ1) is 11.5. The molecule has 3 N–H and O–H groups in total. The van der Waals surface area contributed by atoms with Crippen LogP contribution in [0.4, 0.5) is 9.18 Å². The summed E-state index contributed by atoms with van der Waals surface area (Å²) in [5.74, 6) is 0.317. The van der Waals surface area contributed by atoms with Crippen LogP contribution in [-0.2, 0) is 11.2 Å². The van der Waals surface area contributed by atoms with Gasteiger partial charge >= 0.3 is 6.03 Å². The van der Waals surface area contributed by atoms with E-state index in [-0.39, 0.29) is 6.03 Å². The van der Waals surface area contributed by atoms with Crippen LogP contribution in [0, 0.1) is 19.3 Å². The maximum absolute atomic E-state index is 13.3. The Labute approximate surface area is 142 Å². The van der Waals surface area contributed by atoms with Gasteiger partial charge in [0.25, 0.3) is 0 Å². The molecule has 24 heavy (non-hydrogen) atoms. The van der Waals surface area contributed by atoms with E-state index in [4.69, 9.17) is 4.74 Å². The van der Waals surface area contributed by atoms with E-state index >= 15 is 0 Å². The Kier molecular flexibility index (Phi) is 6.43. The van der Waals surface area contributed by atoms with Crippen LogP contribution in [0.15, 0.2) is 12.1 Å². The normalized spacial score (nSPS) is 16.6. The summed E-state index contributed by atoms with van der Waals surface area (Å²) in [6, 6.07) is 3.56. The molecule has 2 rings (SSSR count). The molecular weight excluding hydrogens is 311 g/mol. The van der Waals surface area contributed by atoms with Crippen LogP contribution in [-0.4, -0.2) is 44.1 Å². The molecule has 5 nitrogen and oxygen atoms in total. The maximum atomic E-state index is 13.3. The fourth-order valence-corrected chi connectivity index (χ4v) is 3.00. The number of rotatable bonds is 6. The number of carbonyl (C=O) groups excluding carboxylic acids is 1. The highest BCUT2D eigenvalue weighted by Crippen LogP contribution is 2.30. The van der Waals surface area contributed by atoms with Crippen LogP contribution in [0.1, 0.15) is 29.5 Å². The Hall–Kier alpha value is -1.82. The Bertz CT molecular complexity index is 548. The molecule has 2 amide bonds. The van der Waals surface area contributed by atoms with E-state index in [0.29, 0.717) is 51.3 Å². The Morgan fingerprint density at radius 1 is 1.25 bits per heavy atom. The van der Waals surface area contributed by atoms with Crippen molar-refractivity contribution in [3.8, 4) is 5.75 Å². The van der Waals surface area contributed by atoms with Crippen LogP contribution in [0.3, 0.4) is 0 Å². The molecular formula is C18H27FN2O3. The zero-order valence-corrected chi connectivity index (χ0v) is 14.5. The minimum atomic E-state index is -0.485. The fraction of sp³-hybridized carbons (Fsp3) is 0.611. The van der Waals surface area contributed by atoms with Crippen molar-refractivity contribution in [3.05, 3.63) is 28.8 Å². The first-order valence-corrected chi connectivity index (χ1v) is 8.40. The molecule has 1 fully saturated rings. The van der Waals surface area contributed by atoms with E-state index in [0.717, 1.165) is 16.7 Å². The van der Waals surface area contributed by atoms with Crippen molar-refractivity contribution < 1.29 is 19.0 Å². The Morgan fingerprint density at radius 3 is 2.46 bits per heavy atom. The number of alkyl halides is 1. The summed E-state index contributed by atoms with van der Waals surface area (Å²) in [6.07, 6.45) is 1.95. The third-order valence-corrected chi connectivity index (χ3v) is 4.71. The van der Waals surface area contributed by atoms with E-state index in [2.05, 4.69) is 10.6 Å². The van der Waals surface area contributed by atoms with E-state index in [1.807, 2.05) is 26.0 Å². The molecule has 0 aromatic heterocycles. The highest BCUT2D eigenvalue weighted by molar-refractivity contribution is 5.73. The number of benzene rings is 1. The molecule has 1 aromatic carbocycles. The first kappa shape index (κ1) is 18.5. The standard InChI is InChI=1S/C18H27FN2O3/c1-13-9-15(10-14(2)16(13)22)3-6-20-17(23)21-12-18(11-19)4-7-24-8-5-18/h9-10,22H,3-8,11-12H2,1-2H3,(H2,20,21,23). The van der Waals surface area contributed by atoms with Crippen molar-refractivity contribution in [2.24, 2.45) is 5.41 Å². The average Bonchev–Trinajstić information content (AvgIpc) is 2.58. The lowest BCUT2D eigenvalue weighted by molar-refractivity contribution is 0.00364. The van der Waals surface area contributed by atoms with Crippen LogP contribution < -0.4 is 10.6 Å². The van der Waals surface area contributed by atoms with Crippen molar-refractivity contribution in [2.45, 2.75) is 33.1 Å². The molecule has 0 bridgehead atoms. The molecule has 0 radical (unpaired) electrons. The van der Waals surface area contributed by atoms with Gasteiger partial charge in [-0.25, -0.2) is 4.79 Å². The second-order valence-electron chi connectivity index (χ2n) is 6.68. The molecule has 1 aliphatic heterocycles. The fourth-order valence-electron chi connectivity index (χ4n) is 3.00. The van der Waals surface area contributed by atoms with E-state index in [1.54, 1.807) is 0 Å². The number of phenols is 1. The summed E-state index contributed by atoms with van der Waals surface area (Å²) in [5.41, 5.74) is 2.24. The van der Waals surface area contributed by atoms with Crippen molar-refractivity contribution in [2.75, 3.05) is 33.0 Å². The summed E-state index contributed by atoms with van der Waals surface area (Å²) in [7, 11) is 0. The number of phenolic OH excluding ortho intramolecular Hbond substituents is 1. The SMILES string of the molecule is Cc1cc(CCNC(=O)NCC2(CF)CCOCC2)cc(C)c1O. The van der Waals surface area contributed by atoms with Gasteiger partial charge < -0.3 is 20.5 Å². The molecule has 0 spiro atoms. The number of hydrogen-bond donors (Lipinski definition) is 3. The molecule has 6 heteroatoms. The van der Waals surface area contributed by atoms with Crippen molar-refractivity contribution in [1.29, 1.82) is 0 Å². The van der Waals surface area contributed by atoms with Gasteiger partial charge in [-0.2, -0.15) is 0 Å². The highest BCUT2D eigenvalue weighted by Gasteiger charge is 2.33. The molecule has 1 aromatic rings. The summed E-state index contributed by atoms with van der Waals surface area (Å²) in [5, 5.41) is 15.3. The topological polar surface area (TPSA) is 70.6 Å². The van der Waals surface area contributed by atoms with Gasteiger partial charge in [0.05, 0.1) is 6.67 Å². The average molecular weight is 338 g/mol. The lowest BCUT2D eigenvalue weighted by atomic mass is 9.81. The van der Waals surface area contributed by atoms with Crippen LogP contribution in [0.2, 0.25) is 0 Å². The van der Waals surface area contributed by atoms with Crippen molar-refractivity contribution >= 4 is 6.03 Å². The number of hydrogen-bond acceptors (Lipinski definition) is 3. The number of aryl methyl sites for hydroxylation is 2.